The largest absolute Gasteiger partial charge is 0.354 e. The highest BCUT2D eigenvalue weighted by Crippen LogP contribution is 2.18. The zero-order valence-corrected chi connectivity index (χ0v) is 12.5. The highest BCUT2D eigenvalue weighted by atomic mass is 35.5. The van der Waals surface area contributed by atoms with Crippen molar-refractivity contribution in [2.24, 2.45) is 0 Å². The summed E-state index contributed by atoms with van der Waals surface area (Å²) < 4.78 is 0. The van der Waals surface area contributed by atoms with Gasteiger partial charge in [-0.1, -0.05) is 6.92 Å². The van der Waals surface area contributed by atoms with Crippen molar-refractivity contribution in [2.75, 3.05) is 42.9 Å². The van der Waals surface area contributed by atoms with E-state index >= 15 is 0 Å². The van der Waals surface area contributed by atoms with Crippen molar-refractivity contribution in [2.45, 2.75) is 26.8 Å². The fourth-order valence-corrected chi connectivity index (χ4v) is 2.52. The van der Waals surface area contributed by atoms with E-state index in [2.05, 4.69) is 43.9 Å². The molecular formula is C12H21ClN6. The van der Waals surface area contributed by atoms with E-state index in [4.69, 9.17) is 11.6 Å². The smallest absolute Gasteiger partial charge is 0.231 e. The van der Waals surface area contributed by atoms with E-state index < -0.39 is 0 Å². The molecule has 1 aromatic rings. The summed E-state index contributed by atoms with van der Waals surface area (Å²) in [5.74, 6) is 1.21. The molecule has 7 heteroatoms. The van der Waals surface area contributed by atoms with Crippen molar-refractivity contribution in [3.63, 3.8) is 0 Å². The number of rotatable bonds is 4. The summed E-state index contributed by atoms with van der Waals surface area (Å²) in [5, 5.41) is 3.32. The first kappa shape index (κ1) is 14.3. The maximum atomic E-state index is 5.96. The van der Waals surface area contributed by atoms with Crippen molar-refractivity contribution in [1.29, 1.82) is 0 Å². The Hall–Kier alpha value is -1.14. The zero-order valence-electron chi connectivity index (χ0n) is 11.7. The normalized spacial score (nSPS) is 20.6. The van der Waals surface area contributed by atoms with Crippen LogP contribution in [0, 0.1) is 0 Å². The van der Waals surface area contributed by atoms with E-state index in [1.807, 2.05) is 6.92 Å². The van der Waals surface area contributed by atoms with E-state index in [9.17, 15) is 0 Å². The number of hydrogen-bond acceptors (Lipinski definition) is 6. The van der Waals surface area contributed by atoms with Gasteiger partial charge in [-0.25, -0.2) is 0 Å². The predicted octanol–water partition coefficient (Wildman–Crippen LogP) is 1.49. The SMILES string of the molecule is CCNc1nc(Cl)nc(N2CCN(CC)C(C)C2)n1. The Kier molecular flexibility index (Phi) is 4.76. The van der Waals surface area contributed by atoms with Gasteiger partial charge in [-0.15, -0.1) is 0 Å². The molecule has 2 rings (SSSR count). The topological polar surface area (TPSA) is 57.2 Å². The maximum Gasteiger partial charge on any atom is 0.231 e. The van der Waals surface area contributed by atoms with Crippen molar-refractivity contribution in [3.05, 3.63) is 5.28 Å². The van der Waals surface area contributed by atoms with Crippen LogP contribution in [0.2, 0.25) is 5.28 Å². The number of nitrogens with zero attached hydrogens (tertiary/aromatic N) is 5. The monoisotopic (exact) mass is 284 g/mol. The number of anilines is 2. The van der Waals surface area contributed by atoms with Crippen LogP contribution in [0.3, 0.4) is 0 Å². The average Bonchev–Trinajstić information content (AvgIpc) is 2.38. The van der Waals surface area contributed by atoms with Gasteiger partial charge in [0, 0.05) is 32.2 Å². The molecule has 1 aliphatic heterocycles. The Balaban J connectivity index is 2.13. The van der Waals surface area contributed by atoms with E-state index in [0.717, 1.165) is 32.7 Å². The summed E-state index contributed by atoms with van der Waals surface area (Å²) in [6, 6.07) is 0.497. The van der Waals surface area contributed by atoms with E-state index in [-0.39, 0.29) is 5.28 Å². The van der Waals surface area contributed by atoms with Gasteiger partial charge >= 0.3 is 0 Å². The lowest BCUT2D eigenvalue weighted by atomic mass is 10.2. The van der Waals surface area contributed by atoms with Crippen molar-refractivity contribution < 1.29 is 0 Å². The van der Waals surface area contributed by atoms with Crippen molar-refractivity contribution in [1.82, 2.24) is 19.9 Å². The Labute approximate surface area is 119 Å². The zero-order chi connectivity index (χ0) is 13.8. The highest BCUT2D eigenvalue weighted by molar-refractivity contribution is 6.28. The first-order chi connectivity index (χ1) is 9.13. The van der Waals surface area contributed by atoms with Crippen LogP contribution in [0.4, 0.5) is 11.9 Å². The van der Waals surface area contributed by atoms with E-state index in [0.29, 0.717) is 17.9 Å². The van der Waals surface area contributed by atoms with Crippen LogP contribution in [0.1, 0.15) is 20.8 Å². The maximum absolute atomic E-state index is 5.96. The van der Waals surface area contributed by atoms with Crippen LogP contribution in [0.15, 0.2) is 0 Å². The summed E-state index contributed by atoms with van der Waals surface area (Å²) in [7, 11) is 0. The molecular weight excluding hydrogens is 264 g/mol. The third-order valence-corrected chi connectivity index (χ3v) is 3.55. The quantitative estimate of drug-likeness (QED) is 0.904. The van der Waals surface area contributed by atoms with Gasteiger partial charge < -0.3 is 10.2 Å². The standard InChI is InChI=1S/C12H21ClN6/c1-4-14-11-15-10(13)16-12(17-11)19-7-6-18(5-2)9(3)8-19/h9H,4-8H2,1-3H3,(H,14,15,16,17). The van der Waals surface area contributed by atoms with Gasteiger partial charge in [0.1, 0.15) is 0 Å². The molecule has 1 fully saturated rings. The number of piperazine rings is 1. The van der Waals surface area contributed by atoms with E-state index in [1.165, 1.54) is 0 Å². The van der Waals surface area contributed by atoms with Gasteiger partial charge in [0.2, 0.25) is 17.2 Å². The van der Waals surface area contributed by atoms with Gasteiger partial charge in [0.25, 0.3) is 0 Å². The lowest BCUT2D eigenvalue weighted by molar-refractivity contribution is 0.198. The molecule has 1 aliphatic rings. The average molecular weight is 285 g/mol. The van der Waals surface area contributed by atoms with Crippen LogP contribution in [-0.4, -0.2) is 58.6 Å². The fourth-order valence-electron chi connectivity index (χ4n) is 2.36. The number of halogens is 1. The number of aromatic nitrogens is 3. The molecule has 0 spiro atoms. The summed E-state index contributed by atoms with van der Waals surface area (Å²) in [5.41, 5.74) is 0. The van der Waals surface area contributed by atoms with Gasteiger partial charge in [0.15, 0.2) is 0 Å². The lowest BCUT2D eigenvalue weighted by Gasteiger charge is -2.39. The Bertz CT molecular complexity index is 427. The Morgan fingerprint density at radius 2 is 2.05 bits per heavy atom. The molecule has 1 N–H and O–H groups in total. The van der Waals surface area contributed by atoms with Crippen LogP contribution in [-0.2, 0) is 0 Å². The second-order valence-electron chi connectivity index (χ2n) is 4.68. The number of likely N-dealkylation sites (N-methyl/N-ethyl adjacent to an activating group) is 1. The number of nitrogens with one attached hydrogen (secondary N) is 1. The molecule has 1 saturated heterocycles. The summed E-state index contributed by atoms with van der Waals surface area (Å²) in [4.78, 5) is 17.3. The Morgan fingerprint density at radius 3 is 2.68 bits per heavy atom. The molecule has 6 nitrogen and oxygen atoms in total. The minimum Gasteiger partial charge on any atom is -0.354 e. The van der Waals surface area contributed by atoms with Gasteiger partial charge in [-0.3, -0.25) is 4.90 Å². The van der Waals surface area contributed by atoms with Crippen LogP contribution >= 0.6 is 11.6 Å². The van der Waals surface area contributed by atoms with Crippen molar-refractivity contribution in [3.8, 4) is 0 Å². The second-order valence-corrected chi connectivity index (χ2v) is 5.02. The van der Waals surface area contributed by atoms with Crippen LogP contribution < -0.4 is 10.2 Å². The van der Waals surface area contributed by atoms with Crippen molar-refractivity contribution >= 4 is 23.5 Å². The molecule has 0 bridgehead atoms. The predicted molar refractivity (Wildman–Crippen MR) is 77.9 cm³/mol. The minimum atomic E-state index is 0.242. The molecule has 106 valence electrons. The fraction of sp³-hybridized carbons (Fsp3) is 0.750. The number of hydrogen-bond donors (Lipinski definition) is 1. The molecule has 1 unspecified atom stereocenters. The van der Waals surface area contributed by atoms with Crippen LogP contribution in [0.5, 0.6) is 0 Å². The molecule has 19 heavy (non-hydrogen) atoms. The third-order valence-electron chi connectivity index (χ3n) is 3.39. The van der Waals surface area contributed by atoms with Gasteiger partial charge in [0.05, 0.1) is 0 Å². The molecule has 0 aliphatic carbocycles. The Morgan fingerprint density at radius 1 is 1.26 bits per heavy atom. The highest BCUT2D eigenvalue weighted by Gasteiger charge is 2.24. The molecule has 0 radical (unpaired) electrons. The first-order valence-corrected chi connectivity index (χ1v) is 7.16. The first-order valence-electron chi connectivity index (χ1n) is 6.78. The van der Waals surface area contributed by atoms with Gasteiger partial charge in [-0.2, -0.15) is 15.0 Å². The second kappa shape index (κ2) is 6.34. The summed E-state index contributed by atoms with van der Waals surface area (Å²) in [6.07, 6.45) is 0. The molecule has 0 amide bonds. The van der Waals surface area contributed by atoms with E-state index in [1.54, 1.807) is 0 Å². The molecule has 0 saturated carbocycles. The molecule has 1 atom stereocenters. The minimum absolute atomic E-state index is 0.242. The molecule has 2 heterocycles. The molecule has 0 aromatic carbocycles. The summed E-state index contributed by atoms with van der Waals surface area (Å²) in [6.45, 7) is 11.1. The lowest BCUT2D eigenvalue weighted by Crippen LogP contribution is -2.52. The summed E-state index contributed by atoms with van der Waals surface area (Å²) >= 11 is 5.96. The van der Waals surface area contributed by atoms with Gasteiger partial charge in [-0.05, 0) is 32.0 Å². The third kappa shape index (κ3) is 3.45. The molecule has 1 aromatic heterocycles. The van der Waals surface area contributed by atoms with Crippen LogP contribution in [0.25, 0.3) is 0 Å².